The average Bonchev–Trinajstić information content (AvgIpc) is 2.97. The summed E-state index contributed by atoms with van der Waals surface area (Å²) in [7, 11) is 2.62. The van der Waals surface area contributed by atoms with Crippen molar-refractivity contribution in [2.75, 3.05) is 39.9 Å². The van der Waals surface area contributed by atoms with E-state index in [2.05, 4.69) is 27.7 Å². The molecule has 0 aliphatic heterocycles. The molecule has 2 aromatic carbocycles. The van der Waals surface area contributed by atoms with Gasteiger partial charge in [-0.1, -0.05) is 27.7 Å². The van der Waals surface area contributed by atoms with Crippen LogP contribution in [0.15, 0.2) is 36.4 Å². The Morgan fingerprint density at radius 1 is 0.641 bits per heavy atom. The predicted molar refractivity (Wildman–Crippen MR) is 167 cm³/mol. The van der Waals surface area contributed by atoms with Gasteiger partial charge in [0.05, 0.1) is 0 Å². The van der Waals surface area contributed by atoms with E-state index in [0.29, 0.717) is 5.69 Å². The standard InChI is InChI=1S/C30H52N2O5Si2/c1-9-23(19-21-38(11-3,33-5)34-6)29-27(32)17-18-28(37-26-15-13-25(31)14-16-26)30(29)24(10-2)20-22-39(12-4,35-7)36-8/h13-18,23-24H,9-12,19-22,31-32H2,1-8H3. The summed E-state index contributed by atoms with van der Waals surface area (Å²) < 4.78 is 30.4. The maximum Gasteiger partial charge on any atom is 0.337 e. The summed E-state index contributed by atoms with van der Waals surface area (Å²) >= 11 is 0. The second-order valence-corrected chi connectivity index (χ2v) is 18.0. The molecule has 7 nitrogen and oxygen atoms in total. The molecule has 4 N–H and O–H groups in total. The number of nitrogens with two attached hydrogens (primary N) is 2. The fourth-order valence-electron chi connectivity index (χ4n) is 5.66. The quantitative estimate of drug-likeness (QED) is 0.137. The van der Waals surface area contributed by atoms with Crippen LogP contribution in [-0.4, -0.2) is 45.6 Å². The Kier molecular flexibility index (Phi) is 13.5. The number of nitrogen functional groups attached to an aromatic ring is 2. The van der Waals surface area contributed by atoms with Crippen LogP contribution in [0.2, 0.25) is 24.2 Å². The molecule has 0 aromatic heterocycles. The van der Waals surface area contributed by atoms with E-state index in [4.69, 9.17) is 33.9 Å². The molecule has 0 bridgehead atoms. The SMILES string of the molecule is CCC(CC[Si](CC)(OC)OC)c1c(N)ccc(Oc2ccc(N)cc2)c1C(CC)CC[Si](CC)(OC)OC. The zero-order chi connectivity index (χ0) is 29.1. The molecule has 0 saturated carbocycles. The maximum absolute atomic E-state index is 6.81. The summed E-state index contributed by atoms with van der Waals surface area (Å²) in [6.07, 6.45) is 3.80. The van der Waals surface area contributed by atoms with Crippen molar-refractivity contribution in [2.45, 2.75) is 89.4 Å². The van der Waals surface area contributed by atoms with Gasteiger partial charge < -0.3 is 33.9 Å². The Labute approximate surface area is 239 Å². The van der Waals surface area contributed by atoms with E-state index in [-0.39, 0.29) is 11.8 Å². The lowest BCUT2D eigenvalue weighted by atomic mass is 9.81. The van der Waals surface area contributed by atoms with Crippen LogP contribution in [0.3, 0.4) is 0 Å². The molecule has 2 aromatic rings. The highest BCUT2D eigenvalue weighted by atomic mass is 28.4. The molecule has 0 aliphatic rings. The monoisotopic (exact) mass is 576 g/mol. The fraction of sp³-hybridized carbons (Fsp3) is 0.600. The predicted octanol–water partition coefficient (Wildman–Crippen LogP) is 7.92. The van der Waals surface area contributed by atoms with Crippen molar-refractivity contribution >= 4 is 28.5 Å². The first-order valence-corrected chi connectivity index (χ1v) is 18.8. The summed E-state index contributed by atoms with van der Waals surface area (Å²) in [6.45, 7) is 8.79. The number of rotatable bonds is 18. The first-order chi connectivity index (χ1) is 18.7. The van der Waals surface area contributed by atoms with Crippen molar-refractivity contribution in [3.63, 3.8) is 0 Å². The third kappa shape index (κ3) is 8.31. The summed E-state index contributed by atoms with van der Waals surface area (Å²) in [5, 5.41) is 0. The van der Waals surface area contributed by atoms with Gasteiger partial charge in [-0.05, 0) is 104 Å². The molecule has 2 unspecified atom stereocenters. The van der Waals surface area contributed by atoms with Crippen molar-refractivity contribution in [3.05, 3.63) is 47.5 Å². The minimum Gasteiger partial charge on any atom is -0.457 e. The largest absolute Gasteiger partial charge is 0.457 e. The molecule has 0 aliphatic carbocycles. The van der Waals surface area contributed by atoms with Crippen molar-refractivity contribution in [3.8, 4) is 11.5 Å². The topological polar surface area (TPSA) is 98.2 Å². The lowest BCUT2D eigenvalue weighted by molar-refractivity contribution is 0.239. The molecule has 2 rings (SSSR count). The third-order valence-electron chi connectivity index (χ3n) is 8.50. The molecule has 2 atom stereocenters. The maximum atomic E-state index is 6.81. The molecule has 39 heavy (non-hydrogen) atoms. The molecular formula is C30H52N2O5Si2. The Balaban J connectivity index is 2.61. The highest BCUT2D eigenvalue weighted by Crippen LogP contribution is 2.46. The molecule has 220 valence electrons. The molecular weight excluding hydrogens is 525 g/mol. The zero-order valence-corrected chi connectivity index (χ0v) is 27.5. The Morgan fingerprint density at radius 2 is 1.10 bits per heavy atom. The molecule has 0 saturated heterocycles. The van der Waals surface area contributed by atoms with E-state index < -0.39 is 17.1 Å². The number of benzene rings is 2. The molecule has 0 heterocycles. The van der Waals surface area contributed by atoms with Gasteiger partial charge in [-0.25, -0.2) is 0 Å². The van der Waals surface area contributed by atoms with Crippen molar-refractivity contribution in [1.82, 2.24) is 0 Å². The van der Waals surface area contributed by atoms with Crippen molar-refractivity contribution < 1.29 is 22.4 Å². The smallest absolute Gasteiger partial charge is 0.337 e. The van der Waals surface area contributed by atoms with E-state index in [1.807, 2.05) is 36.4 Å². The molecule has 0 radical (unpaired) electrons. The first-order valence-electron chi connectivity index (χ1n) is 14.4. The van der Waals surface area contributed by atoms with Crippen LogP contribution in [0.25, 0.3) is 0 Å². The van der Waals surface area contributed by atoms with E-state index in [1.165, 1.54) is 11.1 Å². The Bertz CT molecular complexity index is 981. The minimum atomic E-state index is -2.26. The van der Waals surface area contributed by atoms with Gasteiger partial charge >= 0.3 is 17.1 Å². The number of ether oxygens (including phenoxy) is 1. The van der Waals surface area contributed by atoms with E-state index in [0.717, 1.165) is 67.0 Å². The third-order valence-corrected chi connectivity index (χ3v) is 15.7. The Hall–Kier alpha value is -1.89. The second-order valence-electron chi connectivity index (χ2n) is 10.3. The van der Waals surface area contributed by atoms with Gasteiger partial charge in [0.2, 0.25) is 0 Å². The molecule has 0 amide bonds. The Morgan fingerprint density at radius 3 is 1.51 bits per heavy atom. The van der Waals surface area contributed by atoms with Gasteiger partial charge in [0.1, 0.15) is 11.5 Å². The minimum absolute atomic E-state index is 0.239. The molecule has 9 heteroatoms. The van der Waals surface area contributed by atoms with Gasteiger partial charge in [-0.3, -0.25) is 0 Å². The summed E-state index contributed by atoms with van der Waals surface area (Å²) in [6, 6.07) is 15.2. The summed E-state index contributed by atoms with van der Waals surface area (Å²) in [5.41, 5.74) is 16.7. The fourth-order valence-corrected chi connectivity index (χ4v) is 10.2. The summed E-state index contributed by atoms with van der Waals surface area (Å²) in [4.78, 5) is 0. The van der Waals surface area contributed by atoms with E-state index in [9.17, 15) is 0 Å². The lowest BCUT2D eigenvalue weighted by Gasteiger charge is -2.32. The second kappa shape index (κ2) is 15.8. The van der Waals surface area contributed by atoms with E-state index >= 15 is 0 Å². The van der Waals surface area contributed by atoms with Gasteiger partial charge in [-0.15, -0.1) is 0 Å². The van der Waals surface area contributed by atoms with Gasteiger partial charge in [0.25, 0.3) is 0 Å². The lowest BCUT2D eigenvalue weighted by Crippen LogP contribution is -2.39. The van der Waals surface area contributed by atoms with Crippen LogP contribution >= 0.6 is 0 Å². The zero-order valence-electron chi connectivity index (χ0n) is 25.5. The highest BCUT2D eigenvalue weighted by Gasteiger charge is 2.37. The first kappa shape index (κ1) is 33.3. The van der Waals surface area contributed by atoms with Crippen LogP contribution in [0, 0.1) is 0 Å². The normalized spacial score (nSPS) is 13.8. The van der Waals surface area contributed by atoms with Crippen LogP contribution in [0.5, 0.6) is 11.5 Å². The van der Waals surface area contributed by atoms with Crippen molar-refractivity contribution in [2.24, 2.45) is 0 Å². The number of hydrogen-bond donors (Lipinski definition) is 2. The van der Waals surface area contributed by atoms with Crippen LogP contribution in [0.4, 0.5) is 11.4 Å². The van der Waals surface area contributed by atoms with Gasteiger partial charge in [-0.2, -0.15) is 0 Å². The number of hydrogen-bond acceptors (Lipinski definition) is 7. The molecule has 0 fully saturated rings. The van der Waals surface area contributed by atoms with Crippen LogP contribution < -0.4 is 16.2 Å². The molecule has 0 spiro atoms. The van der Waals surface area contributed by atoms with E-state index in [1.54, 1.807) is 28.4 Å². The highest BCUT2D eigenvalue weighted by molar-refractivity contribution is 6.67. The summed E-state index contributed by atoms with van der Waals surface area (Å²) in [5.74, 6) is 2.10. The van der Waals surface area contributed by atoms with Gasteiger partial charge in [0.15, 0.2) is 0 Å². The van der Waals surface area contributed by atoms with Gasteiger partial charge in [0, 0.05) is 45.4 Å². The average molecular weight is 577 g/mol. The number of anilines is 2. The van der Waals surface area contributed by atoms with Crippen molar-refractivity contribution in [1.29, 1.82) is 0 Å². The van der Waals surface area contributed by atoms with Crippen LogP contribution in [0.1, 0.15) is 76.3 Å². The van der Waals surface area contributed by atoms with Crippen LogP contribution in [-0.2, 0) is 17.7 Å².